The lowest BCUT2D eigenvalue weighted by atomic mass is 10.1. The molecule has 0 radical (unpaired) electrons. The Bertz CT molecular complexity index is 941. The molecule has 1 aliphatic rings. The minimum atomic E-state index is -4.54. The molecule has 0 atom stereocenters. The van der Waals surface area contributed by atoms with Crippen LogP contribution in [-0.2, 0) is 21.0 Å². The molecule has 0 aromatic heterocycles. The van der Waals surface area contributed by atoms with Crippen LogP contribution in [0.2, 0.25) is 0 Å². The molecular weight excluding hydrogens is 381 g/mol. The monoisotopic (exact) mass is 398 g/mol. The number of piperidine rings is 1. The fourth-order valence-electron chi connectivity index (χ4n) is 2.85. The maximum atomic E-state index is 12.6. The van der Waals surface area contributed by atoms with E-state index in [4.69, 9.17) is 0 Å². The molecule has 9 heteroatoms. The highest BCUT2D eigenvalue weighted by molar-refractivity contribution is 7.92. The van der Waals surface area contributed by atoms with Gasteiger partial charge in [0.05, 0.1) is 16.1 Å². The number of anilines is 2. The Hall–Kier alpha value is -2.55. The highest BCUT2D eigenvalue weighted by Crippen LogP contribution is 2.30. The van der Waals surface area contributed by atoms with Gasteiger partial charge in [0.25, 0.3) is 10.0 Å². The average molecular weight is 398 g/mol. The van der Waals surface area contributed by atoms with Gasteiger partial charge >= 0.3 is 6.18 Å². The minimum absolute atomic E-state index is 0.0241. The quantitative estimate of drug-likeness (QED) is 0.846. The lowest BCUT2D eigenvalue weighted by Gasteiger charge is -2.27. The van der Waals surface area contributed by atoms with E-state index in [1.165, 1.54) is 12.1 Å². The number of nitrogens with zero attached hydrogens (tertiary/aromatic N) is 1. The normalized spacial score (nSPS) is 15.7. The number of alkyl halides is 3. The van der Waals surface area contributed by atoms with E-state index in [1.807, 2.05) is 0 Å². The maximum absolute atomic E-state index is 12.6. The zero-order valence-electron chi connectivity index (χ0n) is 14.2. The Labute approximate surface area is 154 Å². The molecule has 1 N–H and O–H groups in total. The van der Waals surface area contributed by atoms with Gasteiger partial charge in [0, 0.05) is 18.7 Å². The number of hydrogen-bond acceptors (Lipinski definition) is 3. The molecule has 0 aliphatic carbocycles. The number of carbonyl (C=O) groups excluding carboxylic acids is 1. The van der Waals surface area contributed by atoms with E-state index in [0.29, 0.717) is 18.7 Å². The largest absolute Gasteiger partial charge is 0.416 e. The molecule has 1 fully saturated rings. The molecule has 5 nitrogen and oxygen atoms in total. The van der Waals surface area contributed by atoms with E-state index < -0.39 is 21.8 Å². The molecule has 144 valence electrons. The second-order valence-corrected chi connectivity index (χ2v) is 7.86. The third-order valence-corrected chi connectivity index (χ3v) is 5.62. The van der Waals surface area contributed by atoms with Crippen LogP contribution in [0, 0.1) is 0 Å². The number of hydrogen-bond donors (Lipinski definition) is 1. The van der Waals surface area contributed by atoms with Gasteiger partial charge in [-0.25, -0.2) is 8.42 Å². The number of rotatable bonds is 4. The summed E-state index contributed by atoms with van der Waals surface area (Å²) >= 11 is 0. The first-order chi connectivity index (χ1) is 12.7. The van der Waals surface area contributed by atoms with Crippen molar-refractivity contribution < 1.29 is 26.4 Å². The number of sulfonamides is 1. The summed E-state index contributed by atoms with van der Waals surface area (Å²) < 4.78 is 65.1. The molecular formula is C18H17F3N2O3S. The second-order valence-electron chi connectivity index (χ2n) is 6.18. The summed E-state index contributed by atoms with van der Waals surface area (Å²) in [6.45, 7) is 0.563. The van der Waals surface area contributed by atoms with Gasteiger partial charge < -0.3 is 4.90 Å². The standard InChI is InChI=1S/C18H17F3N2O3S/c19-18(20,21)13-7-9-16(10-8-13)27(25,26)22-14-4-3-5-15(12-14)23-11-2-1-6-17(23)24/h3-5,7-10,12,22H,1-2,6,11H2. The lowest BCUT2D eigenvalue weighted by Crippen LogP contribution is -2.35. The SMILES string of the molecule is O=C1CCCCN1c1cccc(NS(=O)(=O)c2ccc(C(F)(F)F)cc2)c1. The Kier molecular flexibility index (Phi) is 5.14. The molecule has 2 aromatic rings. The highest BCUT2D eigenvalue weighted by atomic mass is 32.2. The van der Waals surface area contributed by atoms with Crippen LogP contribution in [0.5, 0.6) is 0 Å². The fourth-order valence-corrected chi connectivity index (χ4v) is 3.90. The molecule has 0 saturated carbocycles. The van der Waals surface area contributed by atoms with Gasteiger partial charge in [-0.1, -0.05) is 6.07 Å². The zero-order valence-corrected chi connectivity index (χ0v) is 15.0. The average Bonchev–Trinajstić information content (AvgIpc) is 2.61. The van der Waals surface area contributed by atoms with E-state index >= 15 is 0 Å². The molecule has 1 amide bonds. The summed E-state index contributed by atoms with van der Waals surface area (Å²) in [5, 5.41) is 0. The molecule has 1 saturated heterocycles. The molecule has 0 spiro atoms. The van der Waals surface area contributed by atoms with Crippen LogP contribution in [0.15, 0.2) is 53.4 Å². The summed E-state index contributed by atoms with van der Waals surface area (Å²) in [5.41, 5.74) is -0.120. The highest BCUT2D eigenvalue weighted by Gasteiger charge is 2.30. The Morgan fingerprint density at radius 3 is 2.33 bits per heavy atom. The Balaban J connectivity index is 1.82. The van der Waals surface area contributed by atoms with Crippen LogP contribution in [-0.4, -0.2) is 20.9 Å². The third-order valence-electron chi connectivity index (χ3n) is 4.23. The zero-order chi connectivity index (χ0) is 19.7. The summed E-state index contributed by atoms with van der Waals surface area (Å²) in [4.78, 5) is 13.3. The van der Waals surface area contributed by atoms with E-state index in [9.17, 15) is 26.4 Å². The Morgan fingerprint density at radius 1 is 1.00 bits per heavy atom. The Morgan fingerprint density at radius 2 is 1.70 bits per heavy atom. The smallest absolute Gasteiger partial charge is 0.312 e. The van der Waals surface area contributed by atoms with Crippen LogP contribution in [0.4, 0.5) is 24.5 Å². The predicted molar refractivity (Wildman–Crippen MR) is 94.9 cm³/mol. The van der Waals surface area contributed by atoms with Crippen LogP contribution < -0.4 is 9.62 Å². The summed E-state index contributed by atoms with van der Waals surface area (Å²) in [6.07, 6.45) is -2.39. The van der Waals surface area contributed by atoms with Crippen molar-refractivity contribution in [2.75, 3.05) is 16.2 Å². The number of carbonyl (C=O) groups is 1. The van der Waals surface area contributed by atoms with Crippen molar-refractivity contribution in [3.05, 3.63) is 54.1 Å². The van der Waals surface area contributed by atoms with Crippen molar-refractivity contribution in [2.45, 2.75) is 30.3 Å². The fraction of sp³-hybridized carbons (Fsp3) is 0.278. The summed E-state index contributed by atoms with van der Waals surface area (Å²) in [7, 11) is -4.06. The first-order valence-electron chi connectivity index (χ1n) is 8.27. The molecule has 0 bridgehead atoms. The number of halogens is 3. The lowest BCUT2D eigenvalue weighted by molar-refractivity contribution is -0.137. The number of benzene rings is 2. The summed E-state index contributed by atoms with van der Waals surface area (Å²) in [5.74, 6) is -0.0241. The number of amides is 1. The molecule has 27 heavy (non-hydrogen) atoms. The topological polar surface area (TPSA) is 66.5 Å². The van der Waals surface area contributed by atoms with Crippen molar-refractivity contribution in [1.82, 2.24) is 0 Å². The first-order valence-corrected chi connectivity index (χ1v) is 9.76. The van der Waals surface area contributed by atoms with Gasteiger partial charge in [0.15, 0.2) is 0 Å². The van der Waals surface area contributed by atoms with Crippen LogP contribution >= 0.6 is 0 Å². The predicted octanol–water partition coefficient (Wildman–Crippen LogP) is 4.02. The van der Waals surface area contributed by atoms with Gasteiger partial charge in [-0.2, -0.15) is 13.2 Å². The van der Waals surface area contributed by atoms with Gasteiger partial charge in [-0.05, 0) is 55.3 Å². The second kappa shape index (κ2) is 7.22. The molecule has 3 rings (SSSR count). The van der Waals surface area contributed by atoms with Crippen LogP contribution in [0.25, 0.3) is 0 Å². The van der Waals surface area contributed by atoms with Crippen LogP contribution in [0.3, 0.4) is 0 Å². The van der Waals surface area contributed by atoms with Gasteiger partial charge in [0.2, 0.25) is 5.91 Å². The summed E-state index contributed by atoms with van der Waals surface area (Å²) in [6, 6.07) is 9.62. The van der Waals surface area contributed by atoms with E-state index in [1.54, 1.807) is 17.0 Å². The molecule has 1 aliphatic heterocycles. The number of nitrogens with one attached hydrogen (secondary N) is 1. The van der Waals surface area contributed by atoms with Gasteiger partial charge in [0.1, 0.15) is 0 Å². The van der Waals surface area contributed by atoms with Crippen molar-refractivity contribution in [2.24, 2.45) is 0 Å². The van der Waals surface area contributed by atoms with Gasteiger partial charge in [-0.15, -0.1) is 0 Å². The van der Waals surface area contributed by atoms with Crippen molar-refractivity contribution in [3.63, 3.8) is 0 Å². The van der Waals surface area contributed by atoms with Crippen molar-refractivity contribution in [3.8, 4) is 0 Å². The maximum Gasteiger partial charge on any atom is 0.416 e. The van der Waals surface area contributed by atoms with Crippen molar-refractivity contribution >= 4 is 27.3 Å². The molecule has 1 heterocycles. The van der Waals surface area contributed by atoms with E-state index in [-0.39, 0.29) is 16.5 Å². The third kappa shape index (κ3) is 4.41. The van der Waals surface area contributed by atoms with Gasteiger partial charge in [-0.3, -0.25) is 9.52 Å². The molecule has 0 unspecified atom stereocenters. The van der Waals surface area contributed by atoms with Crippen molar-refractivity contribution in [1.29, 1.82) is 0 Å². The van der Waals surface area contributed by atoms with E-state index in [2.05, 4.69) is 4.72 Å². The minimum Gasteiger partial charge on any atom is -0.312 e. The first kappa shape index (κ1) is 19.2. The van der Waals surface area contributed by atoms with E-state index in [0.717, 1.165) is 37.1 Å². The van der Waals surface area contributed by atoms with Crippen LogP contribution in [0.1, 0.15) is 24.8 Å². The molecule has 2 aromatic carbocycles.